The van der Waals surface area contributed by atoms with Crippen LogP contribution in [0.25, 0.3) is 0 Å². The zero-order valence-corrected chi connectivity index (χ0v) is 12.6. The quantitative estimate of drug-likeness (QED) is 0.918. The van der Waals surface area contributed by atoms with Gasteiger partial charge in [-0.2, -0.15) is 0 Å². The van der Waals surface area contributed by atoms with E-state index < -0.39 is 0 Å². The highest BCUT2D eigenvalue weighted by molar-refractivity contribution is 5.62. The number of anilines is 2. The molecule has 3 rings (SSSR count). The van der Waals surface area contributed by atoms with Crippen LogP contribution in [0.4, 0.5) is 11.4 Å². The summed E-state index contributed by atoms with van der Waals surface area (Å²) in [5.41, 5.74) is 4.00. The Morgan fingerprint density at radius 1 is 1.15 bits per heavy atom. The number of rotatable bonds is 3. The van der Waals surface area contributed by atoms with Gasteiger partial charge in [0.1, 0.15) is 12.2 Å². The molecule has 110 valence electrons. The molecule has 2 aliphatic heterocycles. The van der Waals surface area contributed by atoms with Gasteiger partial charge in [-0.25, -0.2) is 0 Å². The highest BCUT2D eigenvalue weighted by Gasteiger charge is 2.33. The molecule has 0 radical (unpaired) electrons. The molecule has 0 bridgehead atoms. The summed E-state index contributed by atoms with van der Waals surface area (Å²) in [7, 11) is 3.52. The first-order chi connectivity index (χ1) is 9.71. The molecule has 0 aromatic heterocycles. The van der Waals surface area contributed by atoms with Crippen molar-refractivity contribution in [2.24, 2.45) is 0 Å². The predicted octanol–water partition coefficient (Wildman–Crippen LogP) is 2.28. The summed E-state index contributed by atoms with van der Waals surface area (Å²) in [4.78, 5) is 2.36. The zero-order valence-electron chi connectivity index (χ0n) is 12.6. The lowest BCUT2D eigenvalue weighted by molar-refractivity contribution is -0.00461. The van der Waals surface area contributed by atoms with Crippen LogP contribution in [-0.2, 0) is 15.9 Å². The average molecular weight is 276 g/mol. The second kappa shape index (κ2) is 5.62. The number of ether oxygens (including phenoxy) is 2. The van der Waals surface area contributed by atoms with E-state index in [0.29, 0.717) is 6.04 Å². The summed E-state index contributed by atoms with van der Waals surface area (Å²) in [5, 5.41) is 3.55. The Hall–Kier alpha value is -1.26. The number of fused-ring (bicyclic) bond motifs is 1. The summed E-state index contributed by atoms with van der Waals surface area (Å²) >= 11 is 0. The molecule has 2 aliphatic rings. The van der Waals surface area contributed by atoms with Gasteiger partial charge in [0.15, 0.2) is 0 Å². The molecule has 1 fully saturated rings. The fourth-order valence-corrected chi connectivity index (χ4v) is 3.24. The van der Waals surface area contributed by atoms with Crippen LogP contribution in [0.5, 0.6) is 0 Å². The van der Waals surface area contributed by atoms with Crippen LogP contribution in [0.3, 0.4) is 0 Å². The van der Waals surface area contributed by atoms with E-state index in [9.17, 15) is 0 Å². The average Bonchev–Trinajstić information content (AvgIpc) is 2.90. The van der Waals surface area contributed by atoms with Crippen LogP contribution in [0.15, 0.2) is 18.2 Å². The van der Waals surface area contributed by atoms with E-state index >= 15 is 0 Å². The fourth-order valence-electron chi connectivity index (χ4n) is 3.24. The molecular formula is C16H24N2O2. The molecule has 3 unspecified atom stereocenters. The molecule has 20 heavy (non-hydrogen) atoms. The summed E-state index contributed by atoms with van der Waals surface area (Å²) in [6.45, 7) is 4.04. The van der Waals surface area contributed by atoms with Crippen LogP contribution < -0.4 is 10.2 Å². The number of methoxy groups -OCH3 is 2. The highest BCUT2D eigenvalue weighted by Crippen LogP contribution is 2.31. The largest absolute Gasteiger partial charge is 0.382 e. The molecule has 4 heteroatoms. The van der Waals surface area contributed by atoms with Gasteiger partial charge in [0, 0.05) is 44.7 Å². The third-order valence-corrected chi connectivity index (χ3v) is 4.52. The maximum atomic E-state index is 5.51. The van der Waals surface area contributed by atoms with Gasteiger partial charge in [-0.05, 0) is 43.5 Å². The van der Waals surface area contributed by atoms with Gasteiger partial charge in [-0.1, -0.05) is 0 Å². The van der Waals surface area contributed by atoms with Gasteiger partial charge in [0.25, 0.3) is 0 Å². The molecule has 1 aromatic rings. The lowest BCUT2D eigenvalue weighted by Gasteiger charge is -2.26. The van der Waals surface area contributed by atoms with Crippen LogP contribution in [0.2, 0.25) is 0 Å². The van der Waals surface area contributed by atoms with Crippen molar-refractivity contribution >= 4 is 11.4 Å². The minimum Gasteiger partial charge on any atom is -0.382 e. The first-order valence-electron chi connectivity index (χ1n) is 7.41. The van der Waals surface area contributed by atoms with Crippen molar-refractivity contribution in [2.45, 2.75) is 38.0 Å². The smallest absolute Gasteiger partial charge is 0.102 e. The maximum Gasteiger partial charge on any atom is 0.102 e. The molecule has 1 N–H and O–H groups in total. The summed E-state index contributed by atoms with van der Waals surface area (Å²) in [5.74, 6) is 0. The van der Waals surface area contributed by atoms with Crippen molar-refractivity contribution in [3.63, 3.8) is 0 Å². The zero-order chi connectivity index (χ0) is 14.1. The van der Waals surface area contributed by atoms with Crippen LogP contribution >= 0.6 is 0 Å². The lowest BCUT2D eigenvalue weighted by atomic mass is 9.98. The molecule has 3 atom stereocenters. The van der Waals surface area contributed by atoms with Crippen LogP contribution in [0.1, 0.15) is 18.9 Å². The van der Waals surface area contributed by atoms with Crippen molar-refractivity contribution < 1.29 is 9.47 Å². The van der Waals surface area contributed by atoms with Crippen molar-refractivity contribution in [1.82, 2.24) is 0 Å². The molecule has 0 spiro atoms. The third kappa shape index (κ3) is 2.50. The second-order valence-corrected chi connectivity index (χ2v) is 5.88. The maximum absolute atomic E-state index is 5.51. The van der Waals surface area contributed by atoms with Crippen molar-refractivity contribution in [1.29, 1.82) is 0 Å². The Labute approximate surface area is 121 Å². The molecule has 0 aliphatic carbocycles. The van der Waals surface area contributed by atoms with Gasteiger partial charge in [0.2, 0.25) is 0 Å². The predicted molar refractivity (Wildman–Crippen MR) is 81.7 cm³/mol. The van der Waals surface area contributed by atoms with Gasteiger partial charge < -0.3 is 19.7 Å². The van der Waals surface area contributed by atoms with Crippen molar-refractivity contribution in [3.05, 3.63) is 23.8 Å². The first-order valence-corrected chi connectivity index (χ1v) is 7.41. The SMILES string of the molecule is COC1CN(c2ccc3c(c2)CCC(C)N3)CC1OC. The highest BCUT2D eigenvalue weighted by atomic mass is 16.5. The number of nitrogens with one attached hydrogen (secondary N) is 1. The van der Waals surface area contributed by atoms with E-state index in [1.54, 1.807) is 14.2 Å². The van der Waals surface area contributed by atoms with Crippen molar-refractivity contribution in [3.8, 4) is 0 Å². The number of benzene rings is 1. The van der Waals surface area contributed by atoms with Gasteiger partial charge in [-0.15, -0.1) is 0 Å². The number of nitrogens with zero attached hydrogens (tertiary/aromatic N) is 1. The van der Waals surface area contributed by atoms with E-state index in [1.165, 1.54) is 23.4 Å². The second-order valence-electron chi connectivity index (χ2n) is 5.88. The number of hydrogen-bond acceptors (Lipinski definition) is 4. The van der Waals surface area contributed by atoms with E-state index in [1.807, 2.05) is 0 Å². The Balaban J connectivity index is 1.78. The monoisotopic (exact) mass is 276 g/mol. The topological polar surface area (TPSA) is 33.7 Å². The Bertz CT molecular complexity index is 466. The van der Waals surface area contributed by atoms with Crippen LogP contribution in [0, 0.1) is 0 Å². The van der Waals surface area contributed by atoms with E-state index in [2.05, 4.69) is 35.3 Å². The normalized spacial score (nSPS) is 29.1. The fraction of sp³-hybridized carbons (Fsp3) is 0.625. The Morgan fingerprint density at radius 2 is 1.85 bits per heavy atom. The molecule has 1 saturated heterocycles. The summed E-state index contributed by atoms with van der Waals surface area (Å²) in [6, 6.07) is 7.31. The minimum atomic E-state index is 0.161. The van der Waals surface area contributed by atoms with E-state index in [0.717, 1.165) is 19.5 Å². The molecule has 4 nitrogen and oxygen atoms in total. The Morgan fingerprint density at radius 3 is 2.50 bits per heavy atom. The van der Waals surface area contributed by atoms with Crippen LogP contribution in [-0.4, -0.2) is 45.6 Å². The van der Waals surface area contributed by atoms with Gasteiger partial charge in [0.05, 0.1) is 0 Å². The van der Waals surface area contributed by atoms with Gasteiger partial charge >= 0.3 is 0 Å². The Kier molecular flexibility index (Phi) is 3.85. The van der Waals surface area contributed by atoms with Gasteiger partial charge in [-0.3, -0.25) is 0 Å². The molecule has 1 aromatic carbocycles. The molecule has 0 saturated carbocycles. The first kappa shape index (κ1) is 13.7. The minimum absolute atomic E-state index is 0.161. The molecule has 2 heterocycles. The molecular weight excluding hydrogens is 252 g/mol. The standard InChI is InChI=1S/C16H24N2O2/c1-11-4-5-12-8-13(6-7-14(12)17-11)18-9-15(19-2)16(10-18)20-3/h6-8,11,15-17H,4-5,9-10H2,1-3H3. The lowest BCUT2D eigenvalue weighted by Crippen LogP contribution is -2.27. The molecule has 0 amide bonds. The van der Waals surface area contributed by atoms with Crippen molar-refractivity contribution in [2.75, 3.05) is 37.5 Å². The summed E-state index contributed by atoms with van der Waals surface area (Å²) in [6.07, 6.45) is 2.69. The van der Waals surface area contributed by atoms with E-state index in [-0.39, 0.29) is 12.2 Å². The number of hydrogen-bond donors (Lipinski definition) is 1. The summed E-state index contributed by atoms with van der Waals surface area (Å²) < 4.78 is 11.0. The van der Waals surface area contributed by atoms with E-state index in [4.69, 9.17) is 9.47 Å². The third-order valence-electron chi connectivity index (χ3n) is 4.52. The number of aryl methyl sites for hydroxylation is 1.